The van der Waals surface area contributed by atoms with E-state index in [-0.39, 0.29) is 0 Å². The number of halogens is 2. The molecule has 0 saturated heterocycles. The molecule has 0 aromatic heterocycles. The van der Waals surface area contributed by atoms with Gasteiger partial charge in [-0.1, -0.05) is 25.4 Å². The van der Waals surface area contributed by atoms with Gasteiger partial charge in [0, 0.05) is 16.0 Å². The van der Waals surface area contributed by atoms with Gasteiger partial charge in [0.2, 0.25) is 5.96 Å². The van der Waals surface area contributed by atoms with Gasteiger partial charge >= 0.3 is 0 Å². The molecule has 17 heavy (non-hydrogen) atoms. The topological polar surface area (TPSA) is 62.4 Å². The smallest absolute Gasteiger partial charge is 0.210 e. The average Bonchev–Trinajstić information content (AvgIpc) is 2.28. The summed E-state index contributed by atoms with van der Waals surface area (Å²) in [7, 11) is 0. The highest BCUT2D eigenvalue weighted by molar-refractivity contribution is 9.10. The van der Waals surface area contributed by atoms with Crippen molar-refractivity contribution in [3.05, 3.63) is 27.7 Å². The molecule has 0 saturated carbocycles. The maximum absolute atomic E-state index is 5.92. The molecule has 0 unspecified atom stereocenters. The zero-order valence-electron chi connectivity index (χ0n) is 9.80. The molecule has 6 heteroatoms. The molecular formula is C11H16BrClN4. The van der Waals surface area contributed by atoms with Crippen LogP contribution in [0.1, 0.15) is 13.8 Å². The zero-order chi connectivity index (χ0) is 12.8. The number of rotatable bonds is 3. The van der Waals surface area contributed by atoms with E-state index in [2.05, 4.69) is 45.5 Å². The number of benzene rings is 1. The first-order chi connectivity index (χ1) is 8.02. The number of nitrogens with zero attached hydrogens (tertiary/aromatic N) is 1. The monoisotopic (exact) mass is 318 g/mol. The molecule has 0 aliphatic rings. The third-order valence-corrected chi connectivity index (χ3v) is 2.86. The van der Waals surface area contributed by atoms with E-state index in [0.29, 0.717) is 23.4 Å². The summed E-state index contributed by atoms with van der Waals surface area (Å²) in [5, 5.41) is 3.72. The SMILES string of the molecule is CC(C)CN=C(NN)Nc1cc(Cl)ccc1Br. The summed E-state index contributed by atoms with van der Waals surface area (Å²) in [4.78, 5) is 4.31. The van der Waals surface area contributed by atoms with E-state index in [1.165, 1.54) is 0 Å². The third kappa shape index (κ3) is 4.93. The number of hydrogen-bond acceptors (Lipinski definition) is 2. The Labute approximate surface area is 115 Å². The molecule has 0 aliphatic carbocycles. The summed E-state index contributed by atoms with van der Waals surface area (Å²) in [5.74, 6) is 6.39. The van der Waals surface area contributed by atoms with Gasteiger partial charge in [-0.25, -0.2) is 5.84 Å². The Hall–Kier alpha value is -0.780. The lowest BCUT2D eigenvalue weighted by atomic mass is 10.2. The van der Waals surface area contributed by atoms with E-state index in [1.807, 2.05) is 6.07 Å². The Morgan fingerprint density at radius 2 is 2.24 bits per heavy atom. The molecule has 1 rings (SSSR count). The molecule has 0 atom stereocenters. The summed E-state index contributed by atoms with van der Waals surface area (Å²) in [6.45, 7) is 4.88. The maximum Gasteiger partial charge on any atom is 0.210 e. The van der Waals surface area contributed by atoms with Crippen LogP contribution in [0.3, 0.4) is 0 Å². The van der Waals surface area contributed by atoms with Crippen molar-refractivity contribution in [2.24, 2.45) is 16.8 Å². The lowest BCUT2D eigenvalue weighted by Gasteiger charge is -2.11. The van der Waals surface area contributed by atoms with Crippen LogP contribution in [0.5, 0.6) is 0 Å². The van der Waals surface area contributed by atoms with Crippen LogP contribution in [0.4, 0.5) is 5.69 Å². The summed E-state index contributed by atoms with van der Waals surface area (Å²) < 4.78 is 0.898. The predicted molar refractivity (Wildman–Crippen MR) is 77.2 cm³/mol. The van der Waals surface area contributed by atoms with Crippen molar-refractivity contribution in [1.29, 1.82) is 0 Å². The largest absolute Gasteiger partial charge is 0.324 e. The highest BCUT2D eigenvalue weighted by atomic mass is 79.9. The van der Waals surface area contributed by atoms with Gasteiger partial charge in [-0.2, -0.15) is 0 Å². The van der Waals surface area contributed by atoms with Gasteiger partial charge in [0.05, 0.1) is 5.69 Å². The molecule has 0 bridgehead atoms. The Morgan fingerprint density at radius 3 is 2.82 bits per heavy atom. The van der Waals surface area contributed by atoms with Gasteiger partial charge in [-0.05, 0) is 40.0 Å². The normalized spacial score (nSPS) is 11.8. The molecular weight excluding hydrogens is 304 g/mol. The standard InChI is InChI=1S/C11H16BrClN4/c1-7(2)6-15-11(17-14)16-10-5-8(13)3-4-9(10)12/h3-5,7H,6,14H2,1-2H3,(H2,15,16,17). The molecule has 0 spiro atoms. The zero-order valence-corrected chi connectivity index (χ0v) is 12.1. The second-order valence-corrected chi connectivity index (χ2v) is 5.27. The van der Waals surface area contributed by atoms with E-state index in [9.17, 15) is 0 Å². The van der Waals surface area contributed by atoms with Gasteiger partial charge < -0.3 is 5.32 Å². The number of hydrogen-bond donors (Lipinski definition) is 3. The molecule has 1 aromatic carbocycles. The summed E-state index contributed by atoms with van der Waals surface area (Å²) in [5.41, 5.74) is 3.35. The van der Waals surface area contributed by atoms with Gasteiger partial charge in [0.1, 0.15) is 0 Å². The molecule has 0 heterocycles. The third-order valence-electron chi connectivity index (χ3n) is 1.93. The first-order valence-electron chi connectivity index (χ1n) is 5.26. The van der Waals surface area contributed by atoms with Crippen LogP contribution in [0.2, 0.25) is 5.02 Å². The molecule has 0 amide bonds. The Morgan fingerprint density at radius 1 is 1.53 bits per heavy atom. The molecule has 1 aromatic rings. The second kappa shape index (κ2) is 6.83. The first-order valence-corrected chi connectivity index (χ1v) is 6.43. The van der Waals surface area contributed by atoms with Crippen molar-refractivity contribution in [2.45, 2.75) is 13.8 Å². The Kier molecular flexibility index (Phi) is 5.74. The van der Waals surface area contributed by atoms with Crippen molar-refractivity contribution in [3.63, 3.8) is 0 Å². The van der Waals surface area contributed by atoms with E-state index < -0.39 is 0 Å². The van der Waals surface area contributed by atoms with Crippen molar-refractivity contribution >= 4 is 39.2 Å². The fraction of sp³-hybridized carbons (Fsp3) is 0.364. The van der Waals surface area contributed by atoms with E-state index in [4.69, 9.17) is 17.4 Å². The van der Waals surface area contributed by atoms with Gasteiger partial charge in [0.15, 0.2) is 0 Å². The fourth-order valence-electron chi connectivity index (χ4n) is 1.12. The van der Waals surface area contributed by atoms with Gasteiger partial charge in [-0.3, -0.25) is 10.4 Å². The van der Waals surface area contributed by atoms with Crippen molar-refractivity contribution < 1.29 is 0 Å². The molecule has 94 valence electrons. The molecule has 0 aliphatic heterocycles. The minimum absolute atomic E-state index is 0.475. The molecule has 4 N–H and O–H groups in total. The van der Waals surface area contributed by atoms with Crippen molar-refractivity contribution in [3.8, 4) is 0 Å². The van der Waals surface area contributed by atoms with Crippen molar-refractivity contribution in [1.82, 2.24) is 5.43 Å². The number of nitrogens with two attached hydrogens (primary N) is 1. The van der Waals surface area contributed by atoms with Crippen LogP contribution >= 0.6 is 27.5 Å². The van der Waals surface area contributed by atoms with Gasteiger partial charge in [0.25, 0.3) is 0 Å². The number of aliphatic imine (C=N–C) groups is 1. The minimum atomic E-state index is 0.475. The van der Waals surface area contributed by atoms with Crippen LogP contribution in [0, 0.1) is 5.92 Å². The first kappa shape index (κ1) is 14.3. The number of nitrogens with one attached hydrogen (secondary N) is 2. The summed E-state index contributed by atoms with van der Waals surface area (Å²) in [6, 6.07) is 5.47. The molecule has 0 fully saturated rings. The second-order valence-electron chi connectivity index (χ2n) is 3.98. The molecule has 4 nitrogen and oxygen atoms in total. The minimum Gasteiger partial charge on any atom is -0.324 e. The van der Waals surface area contributed by atoms with E-state index in [0.717, 1.165) is 10.2 Å². The lowest BCUT2D eigenvalue weighted by Crippen LogP contribution is -2.36. The van der Waals surface area contributed by atoms with Crippen molar-refractivity contribution in [2.75, 3.05) is 11.9 Å². The number of hydrazine groups is 1. The highest BCUT2D eigenvalue weighted by Gasteiger charge is 2.04. The van der Waals surface area contributed by atoms with Gasteiger partial charge in [-0.15, -0.1) is 0 Å². The Balaban J connectivity index is 2.80. The fourth-order valence-corrected chi connectivity index (χ4v) is 1.63. The van der Waals surface area contributed by atoms with Crippen LogP contribution in [-0.2, 0) is 0 Å². The maximum atomic E-state index is 5.92. The Bertz CT molecular complexity index is 406. The molecule has 0 radical (unpaired) electrons. The summed E-state index contributed by atoms with van der Waals surface area (Å²) >= 11 is 9.34. The lowest BCUT2D eigenvalue weighted by molar-refractivity contribution is 0.663. The highest BCUT2D eigenvalue weighted by Crippen LogP contribution is 2.25. The van der Waals surface area contributed by atoms with Crippen LogP contribution in [0.25, 0.3) is 0 Å². The number of guanidine groups is 1. The number of anilines is 1. The predicted octanol–water partition coefficient (Wildman–Crippen LogP) is 2.99. The quantitative estimate of drug-likeness (QED) is 0.347. The van der Waals surface area contributed by atoms with E-state index in [1.54, 1.807) is 12.1 Å². The van der Waals surface area contributed by atoms with Crippen LogP contribution in [0.15, 0.2) is 27.7 Å². The van der Waals surface area contributed by atoms with E-state index >= 15 is 0 Å². The van der Waals surface area contributed by atoms with Crippen LogP contribution in [-0.4, -0.2) is 12.5 Å². The summed E-state index contributed by atoms with van der Waals surface area (Å²) in [6.07, 6.45) is 0. The van der Waals surface area contributed by atoms with Crippen LogP contribution < -0.4 is 16.6 Å². The average molecular weight is 320 g/mol.